The maximum Gasteiger partial charge on any atom is 0.185 e. The quantitative estimate of drug-likeness (QED) is 0.527. The molecule has 0 bridgehead atoms. The van der Waals surface area contributed by atoms with Gasteiger partial charge >= 0.3 is 0 Å². The van der Waals surface area contributed by atoms with E-state index in [0.717, 1.165) is 16.4 Å². The number of pyridine rings is 1. The summed E-state index contributed by atoms with van der Waals surface area (Å²) in [4.78, 5) is 11.3. The summed E-state index contributed by atoms with van der Waals surface area (Å²) in [5, 5.41) is 6.80. The number of thiazole rings is 1. The molecule has 3 aromatic rings. The number of thiophene rings is 1. The lowest BCUT2D eigenvalue weighted by molar-refractivity contribution is 0.529. The fraction of sp³-hybridized carbons (Fsp3) is 0.294. The summed E-state index contributed by atoms with van der Waals surface area (Å²) in [6.07, 6.45) is 2.64. The lowest BCUT2D eigenvalue weighted by atomic mass is 10.1. The van der Waals surface area contributed by atoms with Crippen LogP contribution < -0.4 is 4.90 Å². The standard InChI is InChI=1S/C17H16BrN3O2S3/c18-16-2-1-14(9-19-16)26(22,23)13-3-6-21(7-4-13)17-20-15(11-25-17)12-5-8-24-10-12/h1-2,5,8-11,13H,3-4,6-7H2. The van der Waals surface area contributed by atoms with Crippen molar-refractivity contribution in [3.8, 4) is 11.3 Å². The largest absolute Gasteiger partial charge is 0.348 e. The van der Waals surface area contributed by atoms with Gasteiger partial charge in [0.2, 0.25) is 0 Å². The summed E-state index contributed by atoms with van der Waals surface area (Å²) in [6, 6.07) is 5.35. The summed E-state index contributed by atoms with van der Waals surface area (Å²) in [5.74, 6) is 0. The summed E-state index contributed by atoms with van der Waals surface area (Å²) in [6.45, 7) is 1.40. The Morgan fingerprint density at radius 3 is 2.62 bits per heavy atom. The van der Waals surface area contributed by atoms with E-state index in [2.05, 4.69) is 42.6 Å². The maximum atomic E-state index is 12.8. The summed E-state index contributed by atoms with van der Waals surface area (Å²) in [7, 11) is -3.34. The summed E-state index contributed by atoms with van der Waals surface area (Å²) >= 11 is 6.51. The van der Waals surface area contributed by atoms with Gasteiger partial charge in [-0.2, -0.15) is 11.3 Å². The number of anilines is 1. The third-order valence-corrected chi connectivity index (χ3v) is 8.79. The SMILES string of the molecule is O=S(=O)(c1ccc(Br)nc1)C1CCN(c2nc(-c3ccsc3)cs2)CC1. The van der Waals surface area contributed by atoms with Crippen molar-refractivity contribution in [1.82, 2.24) is 9.97 Å². The van der Waals surface area contributed by atoms with Gasteiger partial charge in [-0.05, 0) is 52.4 Å². The van der Waals surface area contributed by atoms with Crippen molar-refractivity contribution in [2.24, 2.45) is 0 Å². The Morgan fingerprint density at radius 1 is 1.15 bits per heavy atom. The Balaban J connectivity index is 1.45. The average molecular weight is 470 g/mol. The van der Waals surface area contributed by atoms with E-state index in [-0.39, 0.29) is 5.25 Å². The number of rotatable bonds is 4. The van der Waals surface area contributed by atoms with E-state index in [1.807, 2.05) is 5.38 Å². The molecule has 0 N–H and O–H groups in total. The second-order valence-electron chi connectivity index (χ2n) is 6.08. The zero-order chi connectivity index (χ0) is 18.1. The highest BCUT2D eigenvalue weighted by Crippen LogP contribution is 2.32. The zero-order valence-electron chi connectivity index (χ0n) is 13.7. The molecule has 1 aliphatic rings. The molecule has 1 aliphatic heterocycles. The van der Waals surface area contributed by atoms with Gasteiger partial charge in [-0.1, -0.05) is 0 Å². The van der Waals surface area contributed by atoms with Crippen molar-refractivity contribution in [3.63, 3.8) is 0 Å². The molecule has 4 heterocycles. The predicted molar refractivity (Wildman–Crippen MR) is 110 cm³/mol. The van der Waals surface area contributed by atoms with Crippen molar-refractivity contribution in [3.05, 3.63) is 45.1 Å². The molecule has 0 atom stereocenters. The molecule has 136 valence electrons. The van der Waals surface area contributed by atoms with Crippen LogP contribution in [-0.4, -0.2) is 36.7 Å². The predicted octanol–water partition coefficient (Wildman–Crippen LogP) is 4.47. The third-order valence-electron chi connectivity index (χ3n) is 4.49. The van der Waals surface area contributed by atoms with E-state index in [1.165, 1.54) is 6.20 Å². The molecule has 0 amide bonds. The Hall–Kier alpha value is -1.29. The van der Waals surface area contributed by atoms with Gasteiger partial charge in [-0.15, -0.1) is 11.3 Å². The van der Waals surface area contributed by atoms with Crippen molar-refractivity contribution in [1.29, 1.82) is 0 Å². The number of hydrogen-bond donors (Lipinski definition) is 0. The van der Waals surface area contributed by atoms with Gasteiger partial charge in [0.05, 0.1) is 15.8 Å². The molecule has 5 nitrogen and oxygen atoms in total. The first-order valence-electron chi connectivity index (χ1n) is 8.12. The molecule has 3 aromatic heterocycles. The number of aromatic nitrogens is 2. The van der Waals surface area contributed by atoms with E-state index in [4.69, 9.17) is 4.98 Å². The second-order valence-corrected chi connectivity index (χ2v) is 10.7. The minimum atomic E-state index is -3.34. The summed E-state index contributed by atoms with van der Waals surface area (Å²) in [5.41, 5.74) is 2.12. The first-order valence-corrected chi connectivity index (χ1v) is 12.3. The first kappa shape index (κ1) is 18.1. The van der Waals surface area contributed by atoms with Crippen LogP contribution in [0.25, 0.3) is 11.3 Å². The van der Waals surface area contributed by atoms with Crippen LogP contribution in [0.5, 0.6) is 0 Å². The van der Waals surface area contributed by atoms with Crippen LogP contribution in [0.4, 0.5) is 5.13 Å². The van der Waals surface area contributed by atoms with E-state index in [1.54, 1.807) is 34.8 Å². The molecule has 4 rings (SSSR count). The van der Waals surface area contributed by atoms with Gasteiger partial charge in [0.1, 0.15) is 4.60 Å². The number of halogens is 1. The van der Waals surface area contributed by atoms with Gasteiger partial charge in [0.25, 0.3) is 0 Å². The molecule has 0 unspecified atom stereocenters. The van der Waals surface area contributed by atoms with Crippen molar-refractivity contribution >= 4 is 53.6 Å². The van der Waals surface area contributed by atoms with E-state index in [0.29, 0.717) is 35.4 Å². The monoisotopic (exact) mass is 469 g/mol. The molecule has 0 radical (unpaired) electrons. The number of hydrogen-bond acceptors (Lipinski definition) is 7. The fourth-order valence-corrected chi connectivity index (χ4v) is 6.48. The van der Waals surface area contributed by atoms with Gasteiger partial charge in [0.15, 0.2) is 15.0 Å². The Bertz CT molecular complexity index is 977. The van der Waals surface area contributed by atoms with Gasteiger partial charge in [0, 0.05) is 35.6 Å². The molecule has 0 spiro atoms. The highest BCUT2D eigenvalue weighted by atomic mass is 79.9. The second kappa shape index (κ2) is 7.38. The highest BCUT2D eigenvalue weighted by Gasteiger charge is 2.32. The van der Waals surface area contributed by atoms with Crippen LogP contribution in [-0.2, 0) is 9.84 Å². The number of sulfone groups is 1. The maximum absolute atomic E-state index is 12.8. The molecule has 26 heavy (non-hydrogen) atoms. The van der Waals surface area contributed by atoms with Gasteiger partial charge in [-0.3, -0.25) is 0 Å². The molecule has 0 aromatic carbocycles. The summed E-state index contributed by atoms with van der Waals surface area (Å²) < 4.78 is 26.3. The van der Waals surface area contributed by atoms with Crippen LogP contribution in [0, 0.1) is 0 Å². The lowest BCUT2D eigenvalue weighted by Gasteiger charge is -2.31. The molecule has 1 saturated heterocycles. The average Bonchev–Trinajstić information content (AvgIpc) is 3.34. The molecule has 0 saturated carbocycles. The normalized spacial score (nSPS) is 16.1. The van der Waals surface area contributed by atoms with E-state index < -0.39 is 9.84 Å². The smallest absolute Gasteiger partial charge is 0.185 e. The van der Waals surface area contributed by atoms with Crippen molar-refractivity contribution in [2.75, 3.05) is 18.0 Å². The van der Waals surface area contributed by atoms with Crippen LogP contribution in [0.15, 0.2) is 50.0 Å². The molecule has 0 aliphatic carbocycles. The highest BCUT2D eigenvalue weighted by molar-refractivity contribution is 9.10. The first-order chi connectivity index (χ1) is 12.5. The molecule has 9 heteroatoms. The Labute approximate surface area is 168 Å². The van der Waals surface area contributed by atoms with Crippen LogP contribution in [0.2, 0.25) is 0 Å². The van der Waals surface area contributed by atoms with Crippen LogP contribution in [0.1, 0.15) is 12.8 Å². The topological polar surface area (TPSA) is 63.2 Å². The Morgan fingerprint density at radius 2 is 1.96 bits per heavy atom. The Kier molecular flexibility index (Phi) is 5.13. The van der Waals surface area contributed by atoms with Gasteiger partial charge < -0.3 is 4.90 Å². The van der Waals surface area contributed by atoms with Crippen LogP contribution >= 0.6 is 38.6 Å². The molecular formula is C17H16BrN3O2S3. The van der Waals surface area contributed by atoms with E-state index in [9.17, 15) is 8.42 Å². The molecular weight excluding hydrogens is 454 g/mol. The lowest BCUT2D eigenvalue weighted by Crippen LogP contribution is -2.39. The van der Waals surface area contributed by atoms with Gasteiger partial charge in [-0.25, -0.2) is 18.4 Å². The number of piperidine rings is 1. The minimum Gasteiger partial charge on any atom is -0.348 e. The van der Waals surface area contributed by atoms with Crippen molar-refractivity contribution in [2.45, 2.75) is 23.0 Å². The van der Waals surface area contributed by atoms with Crippen LogP contribution in [0.3, 0.4) is 0 Å². The minimum absolute atomic E-state index is 0.299. The fourth-order valence-electron chi connectivity index (χ4n) is 3.03. The zero-order valence-corrected chi connectivity index (χ0v) is 17.7. The van der Waals surface area contributed by atoms with Crippen molar-refractivity contribution < 1.29 is 8.42 Å². The van der Waals surface area contributed by atoms with E-state index >= 15 is 0 Å². The third kappa shape index (κ3) is 3.58. The number of nitrogens with zero attached hydrogens (tertiary/aromatic N) is 3. The molecule has 1 fully saturated rings.